The van der Waals surface area contributed by atoms with Gasteiger partial charge in [-0.3, -0.25) is 0 Å². The number of para-hydroxylation sites is 1. The number of carbonyl (C=O) groups is 1. The van der Waals surface area contributed by atoms with Crippen molar-refractivity contribution in [3.8, 4) is 23.0 Å². The summed E-state index contributed by atoms with van der Waals surface area (Å²) in [6.07, 6.45) is 0.663. The first-order valence-corrected chi connectivity index (χ1v) is 12.5. The molecule has 0 bridgehead atoms. The molecule has 0 aliphatic carbocycles. The van der Waals surface area contributed by atoms with Crippen LogP contribution in [0.25, 0.3) is 0 Å². The van der Waals surface area contributed by atoms with E-state index >= 15 is 0 Å². The van der Waals surface area contributed by atoms with Crippen molar-refractivity contribution in [1.29, 1.82) is 0 Å². The van der Waals surface area contributed by atoms with Gasteiger partial charge in [0.1, 0.15) is 5.75 Å². The van der Waals surface area contributed by atoms with Crippen molar-refractivity contribution in [2.75, 3.05) is 21.3 Å². The smallest absolute Gasteiger partial charge is 0.317 e. The van der Waals surface area contributed by atoms with Crippen molar-refractivity contribution < 1.29 is 23.4 Å². The van der Waals surface area contributed by atoms with Crippen LogP contribution >= 0.6 is 31.9 Å². The third kappa shape index (κ3) is 6.67. The SMILES string of the molecule is CC[C@@H](NC(=O)N(C)Cc1ccccc1Oc1ccc(Br)cc1F)c1cc(OC)c(OC)cc1Br. The van der Waals surface area contributed by atoms with E-state index in [1.165, 1.54) is 6.07 Å². The summed E-state index contributed by atoms with van der Waals surface area (Å²) >= 11 is 6.82. The molecule has 0 heterocycles. The molecule has 0 fully saturated rings. The Morgan fingerprint density at radius 2 is 1.69 bits per heavy atom. The number of nitrogens with zero attached hydrogens (tertiary/aromatic N) is 1. The van der Waals surface area contributed by atoms with Crippen LogP contribution in [-0.2, 0) is 6.54 Å². The maximum atomic E-state index is 14.3. The number of methoxy groups -OCH3 is 2. The fourth-order valence-corrected chi connectivity index (χ4v) is 4.47. The Labute approximate surface area is 221 Å². The van der Waals surface area contributed by atoms with Gasteiger partial charge >= 0.3 is 6.03 Å². The Balaban J connectivity index is 1.75. The summed E-state index contributed by atoms with van der Waals surface area (Å²) in [7, 11) is 4.84. The topological polar surface area (TPSA) is 60.0 Å². The van der Waals surface area contributed by atoms with Crippen molar-refractivity contribution in [3.05, 3.63) is 80.5 Å². The predicted molar refractivity (Wildman–Crippen MR) is 141 cm³/mol. The Morgan fingerprint density at radius 3 is 2.34 bits per heavy atom. The number of urea groups is 1. The number of rotatable bonds is 9. The van der Waals surface area contributed by atoms with Gasteiger partial charge in [-0.15, -0.1) is 0 Å². The zero-order chi connectivity index (χ0) is 25.5. The van der Waals surface area contributed by atoms with Crippen molar-refractivity contribution in [1.82, 2.24) is 10.2 Å². The highest BCUT2D eigenvalue weighted by Crippen LogP contribution is 2.37. The van der Waals surface area contributed by atoms with E-state index in [1.54, 1.807) is 50.4 Å². The van der Waals surface area contributed by atoms with Crippen molar-refractivity contribution in [3.63, 3.8) is 0 Å². The zero-order valence-corrected chi connectivity index (χ0v) is 23.1. The van der Waals surface area contributed by atoms with Crippen LogP contribution in [0.3, 0.4) is 0 Å². The van der Waals surface area contributed by atoms with Gasteiger partial charge in [0.2, 0.25) is 0 Å². The van der Waals surface area contributed by atoms with Gasteiger partial charge in [-0.05, 0) is 48.4 Å². The van der Waals surface area contributed by atoms with E-state index in [1.807, 2.05) is 31.2 Å². The molecule has 0 radical (unpaired) electrons. The van der Waals surface area contributed by atoms with Gasteiger partial charge < -0.3 is 24.4 Å². The number of halogens is 3. The van der Waals surface area contributed by atoms with Crippen LogP contribution in [0.4, 0.5) is 9.18 Å². The average Bonchev–Trinajstić information content (AvgIpc) is 2.85. The van der Waals surface area contributed by atoms with Crippen molar-refractivity contribution >= 4 is 37.9 Å². The number of hydrogen-bond donors (Lipinski definition) is 1. The van der Waals surface area contributed by atoms with Crippen molar-refractivity contribution in [2.24, 2.45) is 0 Å². The second kappa shape index (κ2) is 12.3. The molecule has 0 saturated heterocycles. The van der Waals surface area contributed by atoms with Gasteiger partial charge in [0, 0.05) is 21.6 Å². The molecule has 0 aliphatic rings. The highest BCUT2D eigenvalue weighted by Gasteiger charge is 2.21. The fraction of sp³-hybridized carbons (Fsp3) is 0.269. The lowest BCUT2D eigenvalue weighted by atomic mass is 10.0. The average molecular weight is 610 g/mol. The number of ether oxygens (including phenoxy) is 3. The Kier molecular flexibility index (Phi) is 9.40. The van der Waals surface area contributed by atoms with Crippen LogP contribution in [0.2, 0.25) is 0 Å². The van der Waals surface area contributed by atoms with Crippen LogP contribution in [0.5, 0.6) is 23.0 Å². The molecule has 3 rings (SSSR count). The summed E-state index contributed by atoms with van der Waals surface area (Å²) in [5.41, 5.74) is 1.62. The highest BCUT2D eigenvalue weighted by atomic mass is 79.9. The molecular formula is C26H27Br2FN2O4. The first kappa shape index (κ1) is 26.8. The molecule has 0 aromatic heterocycles. The summed E-state index contributed by atoms with van der Waals surface area (Å²) in [4.78, 5) is 14.6. The van der Waals surface area contributed by atoms with Gasteiger partial charge in [0.05, 0.1) is 26.8 Å². The minimum atomic E-state index is -0.480. The lowest BCUT2D eigenvalue weighted by Crippen LogP contribution is -2.39. The van der Waals surface area contributed by atoms with E-state index in [2.05, 4.69) is 37.2 Å². The lowest BCUT2D eigenvalue weighted by Gasteiger charge is -2.25. The second-order valence-corrected chi connectivity index (χ2v) is 9.55. The maximum Gasteiger partial charge on any atom is 0.317 e. The van der Waals surface area contributed by atoms with Crippen LogP contribution in [-0.4, -0.2) is 32.2 Å². The third-order valence-electron chi connectivity index (χ3n) is 5.42. The predicted octanol–water partition coefficient (Wildman–Crippen LogP) is 7.45. The van der Waals surface area contributed by atoms with Crippen molar-refractivity contribution in [2.45, 2.75) is 25.9 Å². The van der Waals surface area contributed by atoms with Gasteiger partial charge in [-0.25, -0.2) is 9.18 Å². The van der Waals surface area contributed by atoms with Crippen LogP contribution in [0, 0.1) is 5.82 Å². The maximum absolute atomic E-state index is 14.3. The molecule has 3 aromatic carbocycles. The van der Waals surface area contributed by atoms with Crippen LogP contribution in [0.15, 0.2) is 63.5 Å². The van der Waals surface area contributed by atoms with E-state index in [0.717, 1.165) is 15.6 Å². The first-order valence-electron chi connectivity index (χ1n) is 10.9. The Morgan fingerprint density at radius 1 is 1.00 bits per heavy atom. The molecular weight excluding hydrogens is 583 g/mol. The lowest BCUT2D eigenvalue weighted by molar-refractivity contribution is 0.202. The highest BCUT2D eigenvalue weighted by molar-refractivity contribution is 9.10. The molecule has 9 heteroatoms. The molecule has 3 aromatic rings. The quantitative estimate of drug-likeness (QED) is 0.274. The molecule has 1 atom stereocenters. The molecule has 0 spiro atoms. The molecule has 6 nitrogen and oxygen atoms in total. The number of carbonyl (C=O) groups excluding carboxylic acids is 1. The van der Waals surface area contributed by atoms with Gasteiger partial charge in [0.15, 0.2) is 23.1 Å². The Hall–Kier alpha value is -2.78. The number of amides is 2. The third-order valence-corrected chi connectivity index (χ3v) is 6.60. The molecule has 0 unspecified atom stereocenters. The van der Waals surface area contributed by atoms with Gasteiger partial charge in [0.25, 0.3) is 0 Å². The molecule has 1 N–H and O–H groups in total. The molecule has 2 amide bonds. The number of nitrogens with one attached hydrogen (secondary N) is 1. The van der Waals surface area contributed by atoms with Crippen LogP contribution < -0.4 is 19.5 Å². The van der Waals surface area contributed by atoms with E-state index in [0.29, 0.717) is 28.1 Å². The molecule has 0 aliphatic heterocycles. The molecule has 0 saturated carbocycles. The standard InChI is InChI=1S/C26H27Br2FN2O4/c1-5-21(18-13-24(33-3)25(34-4)14-19(18)28)30-26(32)31(2)15-16-8-6-7-9-22(16)35-23-11-10-17(27)12-20(23)29/h6-14,21H,5,15H2,1-4H3,(H,30,32)/t21-/m1/s1. The summed E-state index contributed by atoms with van der Waals surface area (Å²) in [5, 5.41) is 3.07. The normalized spacial score (nSPS) is 11.5. The number of hydrogen-bond acceptors (Lipinski definition) is 4. The molecule has 186 valence electrons. The number of benzene rings is 3. The summed E-state index contributed by atoms with van der Waals surface area (Å²) < 4.78 is 32.3. The summed E-state index contributed by atoms with van der Waals surface area (Å²) in [6.45, 7) is 2.26. The Bertz CT molecular complexity index is 1190. The summed E-state index contributed by atoms with van der Waals surface area (Å²) in [5.74, 6) is 1.28. The van der Waals surface area contributed by atoms with Crippen LogP contribution in [0.1, 0.15) is 30.5 Å². The van der Waals surface area contributed by atoms with Gasteiger partial charge in [-0.1, -0.05) is 57.0 Å². The van der Waals surface area contributed by atoms with E-state index in [4.69, 9.17) is 14.2 Å². The van der Waals surface area contributed by atoms with E-state index in [-0.39, 0.29) is 24.4 Å². The van der Waals surface area contributed by atoms with Gasteiger partial charge in [-0.2, -0.15) is 0 Å². The second-order valence-electron chi connectivity index (χ2n) is 7.78. The minimum Gasteiger partial charge on any atom is -0.493 e. The fourth-order valence-electron chi connectivity index (χ4n) is 3.53. The minimum absolute atomic E-state index is 0.108. The van der Waals surface area contributed by atoms with E-state index < -0.39 is 5.82 Å². The largest absolute Gasteiger partial charge is 0.493 e. The molecule has 35 heavy (non-hydrogen) atoms. The van der Waals surface area contributed by atoms with E-state index in [9.17, 15) is 9.18 Å². The summed E-state index contributed by atoms with van der Waals surface area (Å²) in [6, 6.07) is 15.0. The zero-order valence-electron chi connectivity index (χ0n) is 19.9. The first-order chi connectivity index (χ1) is 16.8. The monoisotopic (exact) mass is 608 g/mol.